The Bertz CT molecular complexity index is 259. The predicted octanol–water partition coefficient (Wildman–Crippen LogP) is 3.70. The quantitative estimate of drug-likeness (QED) is 0.525. The van der Waals surface area contributed by atoms with Gasteiger partial charge in [-0.1, -0.05) is 36.6 Å². The average Bonchev–Trinajstić information content (AvgIpc) is 2.56. The molecule has 0 aromatic rings. The van der Waals surface area contributed by atoms with Crippen molar-refractivity contribution < 1.29 is 0 Å². The van der Waals surface area contributed by atoms with E-state index in [0.29, 0.717) is 0 Å². The molecule has 0 saturated heterocycles. The lowest BCUT2D eigenvalue weighted by Crippen LogP contribution is -2.19. The molecule has 3 aliphatic carbocycles. The van der Waals surface area contributed by atoms with E-state index in [0.717, 1.165) is 17.8 Å². The van der Waals surface area contributed by atoms with Crippen LogP contribution in [0.25, 0.3) is 0 Å². The molecule has 0 heterocycles. The van der Waals surface area contributed by atoms with E-state index in [1.165, 1.54) is 38.5 Å². The standard InChI is InChI=1S/C13H18/c1-3-7-12-10(5-1)9-11-6-2-4-8-13(11)12/h1,3,5,11-13H,2,4,6-9H2. The summed E-state index contributed by atoms with van der Waals surface area (Å²) in [7, 11) is 0. The van der Waals surface area contributed by atoms with Crippen molar-refractivity contribution in [2.45, 2.75) is 38.5 Å². The highest BCUT2D eigenvalue weighted by Crippen LogP contribution is 2.50. The molecule has 0 nitrogen and oxygen atoms in total. The van der Waals surface area contributed by atoms with Gasteiger partial charge >= 0.3 is 0 Å². The fourth-order valence-electron chi connectivity index (χ4n) is 3.68. The van der Waals surface area contributed by atoms with Crippen LogP contribution in [-0.2, 0) is 0 Å². The monoisotopic (exact) mass is 174 g/mol. The number of hydrogen-bond donors (Lipinski definition) is 0. The van der Waals surface area contributed by atoms with Gasteiger partial charge in [0.1, 0.15) is 0 Å². The lowest BCUT2D eigenvalue weighted by Gasteiger charge is -2.29. The van der Waals surface area contributed by atoms with E-state index < -0.39 is 0 Å². The molecule has 0 N–H and O–H groups in total. The molecule has 3 unspecified atom stereocenters. The highest BCUT2D eigenvalue weighted by molar-refractivity contribution is 5.26. The molecule has 13 heavy (non-hydrogen) atoms. The summed E-state index contributed by atoms with van der Waals surface area (Å²) in [5.41, 5.74) is 1.78. The van der Waals surface area contributed by atoms with Crippen LogP contribution in [0, 0.1) is 17.8 Å². The van der Waals surface area contributed by atoms with Crippen LogP contribution in [0.4, 0.5) is 0 Å². The lowest BCUT2D eigenvalue weighted by atomic mass is 9.76. The van der Waals surface area contributed by atoms with E-state index in [1.807, 2.05) is 0 Å². The van der Waals surface area contributed by atoms with Crippen molar-refractivity contribution >= 4 is 0 Å². The van der Waals surface area contributed by atoms with Crippen LogP contribution in [-0.4, -0.2) is 0 Å². The second-order valence-electron chi connectivity index (χ2n) is 4.92. The maximum atomic E-state index is 2.40. The maximum Gasteiger partial charge on any atom is -0.0134 e. The van der Waals surface area contributed by atoms with Crippen molar-refractivity contribution in [3.63, 3.8) is 0 Å². The summed E-state index contributed by atoms with van der Waals surface area (Å²) in [5, 5.41) is 0. The first-order valence-electron chi connectivity index (χ1n) is 5.81. The van der Waals surface area contributed by atoms with Gasteiger partial charge < -0.3 is 0 Å². The van der Waals surface area contributed by atoms with Crippen molar-refractivity contribution in [2.75, 3.05) is 0 Å². The van der Waals surface area contributed by atoms with E-state index in [4.69, 9.17) is 0 Å². The molecule has 0 spiro atoms. The third kappa shape index (κ3) is 1.19. The van der Waals surface area contributed by atoms with Crippen molar-refractivity contribution in [3.05, 3.63) is 23.8 Å². The third-order valence-corrected chi connectivity index (χ3v) is 4.30. The smallest absolute Gasteiger partial charge is 0.0134 e. The number of allylic oxidation sites excluding steroid dienone is 4. The van der Waals surface area contributed by atoms with Crippen LogP contribution in [0.15, 0.2) is 23.8 Å². The molecule has 3 aliphatic rings. The van der Waals surface area contributed by atoms with Gasteiger partial charge in [-0.3, -0.25) is 0 Å². The predicted molar refractivity (Wildman–Crippen MR) is 55.4 cm³/mol. The van der Waals surface area contributed by atoms with Crippen molar-refractivity contribution in [1.82, 2.24) is 0 Å². The Morgan fingerprint density at radius 1 is 1.15 bits per heavy atom. The second-order valence-corrected chi connectivity index (χ2v) is 4.92. The van der Waals surface area contributed by atoms with E-state index in [9.17, 15) is 0 Å². The van der Waals surface area contributed by atoms with Gasteiger partial charge in [-0.25, -0.2) is 0 Å². The molecule has 0 amide bonds. The normalized spacial score (nSPS) is 42.5. The third-order valence-electron chi connectivity index (χ3n) is 4.30. The Labute approximate surface area is 80.7 Å². The van der Waals surface area contributed by atoms with Gasteiger partial charge in [0, 0.05) is 0 Å². The SMILES string of the molecule is C1=CCC2C(=C1)CC1CCCCC12. The summed E-state index contributed by atoms with van der Waals surface area (Å²) in [4.78, 5) is 0. The highest BCUT2D eigenvalue weighted by Gasteiger charge is 2.39. The molecular formula is C13H18. The minimum absolute atomic E-state index is 0.954. The van der Waals surface area contributed by atoms with E-state index in [1.54, 1.807) is 5.57 Å². The molecule has 0 heteroatoms. The second kappa shape index (κ2) is 3.01. The van der Waals surface area contributed by atoms with Crippen molar-refractivity contribution in [2.24, 2.45) is 17.8 Å². The summed E-state index contributed by atoms with van der Waals surface area (Å²) < 4.78 is 0. The van der Waals surface area contributed by atoms with Gasteiger partial charge in [0.25, 0.3) is 0 Å². The molecule has 3 rings (SSSR count). The zero-order valence-corrected chi connectivity index (χ0v) is 8.21. The summed E-state index contributed by atoms with van der Waals surface area (Å²) in [6.45, 7) is 0. The van der Waals surface area contributed by atoms with Crippen LogP contribution >= 0.6 is 0 Å². The van der Waals surface area contributed by atoms with Gasteiger partial charge in [0.2, 0.25) is 0 Å². The Morgan fingerprint density at radius 2 is 2.08 bits per heavy atom. The first kappa shape index (κ1) is 7.84. The number of fused-ring (bicyclic) bond motifs is 3. The van der Waals surface area contributed by atoms with Gasteiger partial charge in [-0.2, -0.15) is 0 Å². The zero-order chi connectivity index (χ0) is 8.67. The van der Waals surface area contributed by atoms with E-state index in [2.05, 4.69) is 18.2 Å². The fraction of sp³-hybridized carbons (Fsp3) is 0.692. The van der Waals surface area contributed by atoms with E-state index in [-0.39, 0.29) is 0 Å². The van der Waals surface area contributed by atoms with Crippen molar-refractivity contribution in [1.29, 1.82) is 0 Å². The highest BCUT2D eigenvalue weighted by atomic mass is 14.4. The summed E-state index contributed by atoms with van der Waals surface area (Å²) >= 11 is 0. The maximum absolute atomic E-state index is 2.40. The Balaban J connectivity index is 1.87. The lowest BCUT2D eigenvalue weighted by molar-refractivity contribution is 0.232. The molecule has 2 saturated carbocycles. The molecular weight excluding hydrogens is 156 g/mol. The topological polar surface area (TPSA) is 0 Å². The van der Waals surface area contributed by atoms with Crippen LogP contribution < -0.4 is 0 Å². The van der Waals surface area contributed by atoms with Gasteiger partial charge in [0.15, 0.2) is 0 Å². The molecule has 2 fully saturated rings. The van der Waals surface area contributed by atoms with Crippen LogP contribution in [0.5, 0.6) is 0 Å². The number of hydrogen-bond acceptors (Lipinski definition) is 0. The summed E-state index contributed by atoms with van der Waals surface area (Å²) in [6, 6.07) is 0. The molecule has 0 radical (unpaired) electrons. The van der Waals surface area contributed by atoms with Crippen LogP contribution in [0.3, 0.4) is 0 Å². The van der Waals surface area contributed by atoms with Crippen LogP contribution in [0.1, 0.15) is 38.5 Å². The molecule has 0 bridgehead atoms. The molecule has 0 aliphatic heterocycles. The molecule has 0 aromatic heterocycles. The fourth-order valence-corrected chi connectivity index (χ4v) is 3.68. The van der Waals surface area contributed by atoms with E-state index >= 15 is 0 Å². The summed E-state index contributed by atoms with van der Waals surface area (Å²) in [5.74, 6) is 3.07. The Kier molecular flexibility index (Phi) is 1.81. The van der Waals surface area contributed by atoms with Gasteiger partial charge in [-0.15, -0.1) is 0 Å². The Morgan fingerprint density at radius 3 is 3.08 bits per heavy atom. The minimum atomic E-state index is 0.954. The molecule has 0 aromatic carbocycles. The van der Waals surface area contributed by atoms with Crippen molar-refractivity contribution in [3.8, 4) is 0 Å². The molecule has 70 valence electrons. The number of rotatable bonds is 0. The van der Waals surface area contributed by atoms with Crippen LogP contribution in [0.2, 0.25) is 0 Å². The first-order chi connectivity index (χ1) is 6.45. The minimum Gasteiger partial charge on any atom is -0.0839 e. The average molecular weight is 174 g/mol. The van der Waals surface area contributed by atoms with Gasteiger partial charge in [-0.05, 0) is 43.4 Å². The zero-order valence-electron chi connectivity index (χ0n) is 8.21. The molecule has 3 atom stereocenters. The first-order valence-corrected chi connectivity index (χ1v) is 5.81. The van der Waals surface area contributed by atoms with Gasteiger partial charge in [0.05, 0.1) is 0 Å². The largest absolute Gasteiger partial charge is 0.0839 e. The summed E-state index contributed by atoms with van der Waals surface area (Å²) in [6.07, 6.45) is 15.8. The Hall–Kier alpha value is -0.520.